The normalized spacial score (nSPS) is 10.7. The second kappa shape index (κ2) is 5.29. The maximum Gasteiger partial charge on any atom is 0.149 e. The molecule has 0 saturated heterocycles. The highest BCUT2D eigenvalue weighted by Gasteiger charge is 2.08. The van der Waals surface area contributed by atoms with Crippen LogP contribution in [0.3, 0.4) is 0 Å². The van der Waals surface area contributed by atoms with Crippen molar-refractivity contribution in [3.63, 3.8) is 0 Å². The zero-order valence-electron chi connectivity index (χ0n) is 10.7. The Kier molecular flexibility index (Phi) is 3.33. The molecule has 3 heteroatoms. The van der Waals surface area contributed by atoms with Crippen LogP contribution in [0.1, 0.15) is 5.56 Å². The lowest BCUT2D eigenvalue weighted by Gasteiger charge is -2.10. The first-order valence-corrected chi connectivity index (χ1v) is 6.40. The molecule has 0 amide bonds. The molecule has 0 saturated carbocycles. The van der Waals surface area contributed by atoms with Crippen LogP contribution < -0.4 is 5.32 Å². The minimum absolute atomic E-state index is 0.0829. The first-order chi connectivity index (χ1) is 9.75. The Balaban J connectivity index is 1.91. The Morgan fingerprint density at radius 1 is 0.750 bits per heavy atom. The number of anilines is 1. The van der Waals surface area contributed by atoms with E-state index < -0.39 is 11.6 Å². The summed E-state index contributed by atoms with van der Waals surface area (Å²) < 4.78 is 27.1. The molecule has 0 spiro atoms. The van der Waals surface area contributed by atoms with Crippen LogP contribution in [0.5, 0.6) is 0 Å². The van der Waals surface area contributed by atoms with E-state index in [4.69, 9.17) is 0 Å². The Bertz CT molecular complexity index is 727. The molecule has 0 radical (unpaired) electrons. The van der Waals surface area contributed by atoms with E-state index in [1.165, 1.54) is 18.2 Å². The Labute approximate surface area is 115 Å². The number of para-hydroxylation sites is 1. The topological polar surface area (TPSA) is 12.0 Å². The minimum Gasteiger partial charge on any atom is -0.376 e. The van der Waals surface area contributed by atoms with Gasteiger partial charge in [-0.1, -0.05) is 48.5 Å². The van der Waals surface area contributed by atoms with Gasteiger partial charge in [0.25, 0.3) is 0 Å². The third-order valence-corrected chi connectivity index (χ3v) is 3.30. The molecule has 3 aromatic rings. The number of fused-ring (bicyclic) bond motifs is 1. The summed E-state index contributed by atoms with van der Waals surface area (Å²) in [5.41, 5.74) is 0.922. The van der Waals surface area contributed by atoms with Gasteiger partial charge in [0.2, 0.25) is 0 Å². The van der Waals surface area contributed by atoms with E-state index in [1.54, 1.807) is 0 Å². The van der Waals surface area contributed by atoms with Gasteiger partial charge in [-0.25, -0.2) is 8.78 Å². The van der Waals surface area contributed by atoms with Gasteiger partial charge in [-0.3, -0.25) is 0 Å². The quantitative estimate of drug-likeness (QED) is 0.724. The highest BCUT2D eigenvalue weighted by atomic mass is 19.1. The third kappa shape index (κ3) is 2.35. The zero-order valence-corrected chi connectivity index (χ0v) is 10.7. The molecule has 0 fully saturated rings. The summed E-state index contributed by atoms with van der Waals surface area (Å²) in [6.07, 6.45) is 0. The fourth-order valence-electron chi connectivity index (χ4n) is 2.30. The molecule has 100 valence electrons. The summed E-state index contributed by atoms with van der Waals surface area (Å²) >= 11 is 0. The van der Waals surface area contributed by atoms with Crippen molar-refractivity contribution in [2.75, 3.05) is 5.32 Å². The highest BCUT2D eigenvalue weighted by molar-refractivity contribution is 5.85. The average molecular weight is 269 g/mol. The van der Waals surface area contributed by atoms with Crippen molar-refractivity contribution >= 4 is 16.5 Å². The molecule has 20 heavy (non-hydrogen) atoms. The van der Waals surface area contributed by atoms with Crippen molar-refractivity contribution in [1.82, 2.24) is 0 Å². The monoisotopic (exact) mass is 269 g/mol. The fourth-order valence-corrected chi connectivity index (χ4v) is 2.30. The molecular formula is C17H13F2N. The van der Waals surface area contributed by atoms with E-state index in [9.17, 15) is 8.78 Å². The lowest BCUT2D eigenvalue weighted by atomic mass is 10.0. The summed E-state index contributed by atoms with van der Waals surface area (Å²) in [6.45, 7) is 0.374. The summed E-state index contributed by atoms with van der Waals surface area (Å²) in [5.74, 6) is -1.16. The van der Waals surface area contributed by atoms with Gasteiger partial charge in [0.15, 0.2) is 0 Å². The van der Waals surface area contributed by atoms with Gasteiger partial charge in [-0.2, -0.15) is 0 Å². The second-order valence-corrected chi connectivity index (χ2v) is 4.59. The summed E-state index contributed by atoms with van der Waals surface area (Å²) in [6, 6.07) is 17.7. The fraction of sp³-hybridized carbons (Fsp3) is 0.0588. The van der Waals surface area contributed by atoms with Gasteiger partial charge in [-0.15, -0.1) is 0 Å². The van der Waals surface area contributed by atoms with Crippen molar-refractivity contribution in [3.05, 3.63) is 77.9 Å². The van der Waals surface area contributed by atoms with Crippen molar-refractivity contribution in [2.45, 2.75) is 6.54 Å². The Morgan fingerprint density at radius 3 is 2.20 bits per heavy atom. The van der Waals surface area contributed by atoms with Crippen molar-refractivity contribution in [2.24, 2.45) is 0 Å². The zero-order chi connectivity index (χ0) is 13.9. The van der Waals surface area contributed by atoms with E-state index >= 15 is 0 Å². The predicted molar refractivity (Wildman–Crippen MR) is 77.6 cm³/mol. The van der Waals surface area contributed by atoms with Crippen LogP contribution in [0.25, 0.3) is 10.8 Å². The second-order valence-electron chi connectivity index (χ2n) is 4.59. The van der Waals surface area contributed by atoms with E-state index in [1.807, 2.05) is 42.5 Å². The molecule has 0 heterocycles. The molecule has 0 aliphatic rings. The number of benzene rings is 3. The van der Waals surface area contributed by atoms with Gasteiger partial charge in [0, 0.05) is 6.54 Å². The number of hydrogen-bond donors (Lipinski definition) is 1. The van der Waals surface area contributed by atoms with Crippen LogP contribution in [0.15, 0.2) is 60.7 Å². The maximum absolute atomic E-state index is 13.6. The number of rotatable bonds is 3. The molecule has 0 unspecified atom stereocenters. The smallest absolute Gasteiger partial charge is 0.149 e. The van der Waals surface area contributed by atoms with Gasteiger partial charge in [-0.05, 0) is 28.5 Å². The minimum atomic E-state index is -0.578. The molecule has 0 aromatic heterocycles. The number of halogens is 2. The van der Waals surface area contributed by atoms with Crippen LogP contribution in [-0.2, 0) is 6.54 Å². The van der Waals surface area contributed by atoms with E-state index in [0.717, 1.165) is 16.3 Å². The molecule has 3 rings (SSSR count). The third-order valence-electron chi connectivity index (χ3n) is 3.30. The maximum atomic E-state index is 13.6. The van der Waals surface area contributed by atoms with Crippen LogP contribution in [0.2, 0.25) is 0 Å². The predicted octanol–water partition coefficient (Wildman–Crippen LogP) is 4.73. The van der Waals surface area contributed by atoms with Crippen molar-refractivity contribution in [1.29, 1.82) is 0 Å². The van der Waals surface area contributed by atoms with Crippen LogP contribution in [-0.4, -0.2) is 0 Å². The molecule has 0 atom stereocenters. The van der Waals surface area contributed by atoms with E-state index in [0.29, 0.717) is 6.54 Å². The SMILES string of the molecule is Fc1cccc(F)c1NCc1cccc2ccccc12. The molecule has 0 aliphatic heterocycles. The van der Waals surface area contributed by atoms with E-state index in [-0.39, 0.29) is 5.69 Å². The van der Waals surface area contributed by atoms with Gasteiger partial charge in [0.05, 0.1) is 0 Å². The van der Waals surface area contributed by atoms with Crippen LogP contribution >= 0.6 is 0 Å². The van der Waals surface area contributed by atoms with Crippen LogP contribution in [0, 0.1) is 11.6 Å². The average Bonchev–Trinajstić information content (AvgIpc) is 2.47. The Hall–Kier alpha value is -2.42. The van der Waals surface area contributed by atoms with Gasteiger partial charge < -0.3 is 5.32 Å². The summed E-state index contributed by atoms with van der Waals surface area (Å²) in [5, 5.41) is 5.03. The first kappa shape index (κ1) is 12.6. The molecule has 1 nitrogen and oxygen atoms in total. The standard InChI is InChI=1S/C17H13F2N/c18-15-9-4-10-16(19)17(15)20-11-13-7-3-6-12-5-1-2-8-14(12)13/h1-10,20H,11H2. The highest BCUT2D eigenvalue weighted by Crippen LogP contribution is 2.22. The molecular weight excluding hydrogens is 256 g/mol. The largest absolute Gasteiger partial charge is 0.376 e. The lowest BCUT2D eigenvalue weighted by Crippen LogP contribution is -2.04. The lowest BCUT2D eigenvalue weighted by molar-refractivity contribution is 0.588. The molecule has 0 aliphatic carbocycles. The number of hydrogen-bond acceptors (Lipinski definition) is 1. The number of nitrogens with one attached hydrogen (secondary N) is 1. The summed E-state index contributed by atoms with van der Waals surface area (Å²) in [4.78, 5) is 0. The van der Waals surface area contributed by atoms with Crippen molar-refractivity contribution in [3.8, 4) is 0 Å². The summed E-state index contributed by atoms with van der Waals surface area (Å²) in [7, 11) is 0. The van der Waals surface area contributed by atoms with Crippen LogP contribution in [0.4, 0.5) is 14.5 Å². The van der Waals surface area contributed by atoms with Gasteiger partial charge in [0.1, 0.15) is 17.3 Å². The molecule has 0 bridgehead atoms. The van der Waals surface area contributed by atoms with Gasteiger partial charge >= 0.3 is 0 Å². The van der Waals surface area contributed by atoms with E-state index in [2.05, 4.69) is 5.32 Å². The van der Waals surface area contributed by atoms with Crippen molar-refractivity contribution < 1.29 is 8.78 Å². The first-order valence-electron chi connectivity index (χ1n) is 6.40. The molecule has 3 aromatic carbocycles. The Morgan fingerprint density at radius 2 is 1.40 bits per heavy atom. The molecule has 1 N–H and O–H groups in total.